The first kappa shape index (κ1) is 22.8. The molecule has 0 aliphatic heterocycles. The lowest BCUT2D eigenvalue weighted by molar-refractivity contribution is 0.0105. The summed E-state index contributed by atoms with van der Waals surface area (Å²) in [7, 11) is 0. The van der Waals surface area contributed by atoms with Crippen LogP contribution in [0.4, 0.5) is 0 Å². The second-order valence-corrected chi connectivity index (χ2v) is 7.16. The molecule has 1 heterocycles. The van der Waals surface area contributed by atoms with Crippen molar-refractivity contribution in [3.8, 4) is 11.4 Å². The molecular weight excluding hydrogens is 376 g/mol. The maximum atomic E-state index is 6.43. The fourth-order valence-corrected chi connectivity index (χ4v) is 3.71. The molecule has 1 fully saturated rings. The monoisotopic (exact) mass is 408 g/mol. The molecule has 156 valence electrons. The van der Waals surface area contributed by atoms with E-state index in [1.54, 1.807) is 0 Å². The van der Waals surface area contributed by atoms with Gasteiger partial charge >= 0.3 is 0 Å². The van der Waals surface area contributed by atoms with E-state index in [1.807, 2.05) is 41.9 Å². The van der Waals surface area contributed by atoms with E-state index in [0.29, 0.717) is 25.7 Å². The second-order valence-electron chi connectivity index (χ2n) is 7.16. The number of halogens is 1. The molecule has 0 unspecified atom stereocenters. The molecule has 6 nitrogen and oxygen atoms in total. The Morgan fingerprint density at radius 1 is 1.14 bits per heavy atom. The second kappa shape index (κ2) is 11.5. The van der Waals surface area contributed by atoms with Gasteiger partial charge < -0.3 is 15.2 Å². The molecule has 1 aliphatic carbocycles. The van der Waals surface area contributed by atoms with Gasteiger partial charge in [0, 0.05) is 30.7 Å². The van der Waals surface area contributed by atoms with Crippen molar-refractivity contribution in [2.45, 2.75) is 64.1 Å². The fourth-order valence-electron chi connectivity index (χ4n) is 3.71. The van der Waals surface area contributed by atoms with Gasteiger partial charge in [-0.15, -0.1) is 12.4 Å². The van der Waals surface area contributed by atoms with Crippen molar-refractivity contribution in [3.05, 3.63) is 36.2 Å². The molecule has 0 radical (unpaired) electrons. The summed E-state index contributed by atoms with van der Waals surface area (Å²) in [5.74, 6) is 2.12. The van der Waals surface area contributed by atoms with Gasteiger partial charge in [0.05, 0.1) is 19.3 Å². The number of ether oxygens (including phenoxy) is 2. The summed E-state index contributed by atoms with van der Waals surface area (Å²) in [5, 5.41) is 4.77. The average molecular weight is 409 g/mol. The molecule has 3 rings (SSSR count). The van der Waals surface area contributed by atoms with E-state index >= 15 is 0 Å². The third-order valence-corrected chi connectivity index (χ3v) is 5.12. The smallest absolute Gasteiger partial charge is 0.181 e. The molecule has 2 N–H and O–H groups in total. The summed E-state index contributed by atoms with van der Waals surface area (Å²) in [6.45, 7) is 6.98. The molecule has 0 bridgehead atoms. The molecule has 7 heteroatoms. The van der Waals surface area contributed by atoms with Crippen LogP contribution in [0.3, 0.4) is 0 Å². The third-order valence-electron chi connectivity index (χ3n) is 5.12. The van der Waals surface area contributed by atoms with Crippen LogP contribution >= 0.6 is 12.4 Å². The highest BCUT2D eigenvalue weighted by Gasteiger charge is 2.32. The Morgan fingerprint density at radius 3 is 2.61 bits per heavy atom. The van der Waals surface area contributed by atoms with Crippen molar-refractivity contribution < 1.29 is 9.47 Å². The molecule has 0 saturated heterocycles. The summed E-state index contributed by atoms with van der Waals surface area (Å²) in [6, 6.07) is 10.2. The maximum absolute atomic E-state index is 6.43. The highest BCUT2D eigenvalue weighted by atomic mass is 35.5. The van der Waals surface area contributed by atoms with E-state index in [0.717, 1.165) is 49.5 Å². The van der Waals surface area contributed by atoms with Crippen LogP contribution < -0.4 is 5.73 Å². The van der Waals surface area contributed by atoms with E-state index in [-0.39, 0.29) is 24.6 Å². The van der Waals surface area contributed by atoms with Gasteiger partial charge in [-0.1, -0.05) is 37.3 Å². The van der Waals surface area contributed by atoms with Gasteiger partial charge in [0.2, 0.25) is 0 Å². The average Bonchev–Trinajstić information content (AvgIpc) is 3.12. The van der Waals surface area contributed by atoms with E-state index in [4.69, 9.17) is 25.3 Å². The molecule has 1 aromatic heterocycles. The van der Waals surface area contributed by atoms with Crippen LogP contribution in [0, 0.1) is 0 Å². The van der Waals surface area contributed by atoms with Crippen molar-refractivity contribution in [3.63, 3.8) is 0 Å². The van der Waals surface area contributed by atoms with Gasteiger partial charge in [0.15, 0.2) is 5.82 Å². The standard InChI is InChI=1S/C21H32N4O2.ClH/c1-3-13-27-19-11-10-17(15-18(19)22)21-23-20(16-8-6-5-7-9-16)24-25(21)12-14-26-4-2;/h5-9,17-19H,3-4,10-15,22H2,1-2H3;1H/t17-,18+,19+;/m0./s1. The Hall–Kier alpha value is -1.47. The van der Waals surface area contributed by atoms with Crippen LogP contribution in [0.5, 0.6) is 0 Å². The zero-order valence-corrected chi connectivity index (χ0v) is 17.7. The zero-order valence-electron chi connectivity index (χ0n) is 16.9. The van der Waals surface area contributed by atoms with Gasteiger partial charge in [0.1, 0.15) is 5.82 Å². The Morgan fingerprint density at radius 2 is 1.93 bits per heavy atom. The van der Waals surface area contributed by atoms with E-state index < -0.39 is 0 Å². The molecule has 0 spiro atoms. The van der Waals surface area contributed by atoms with Crippen molar-refractivity contribution in [1.29, 1.82) is 0 Å². The van der Waals surface area contributed by atoms with Crippen LogP contribution in [0.25, 0.3) is 11.4 Å². The number of aromatic nitrogens is 3. The maximum Gasteiger partial charge on any atom is 0.181 e. The van der Waals surface area contributed by atoms with E-state index in [9.17, 15) is 0 Å². The van der Waals surface area contributed by atoms with Crippen molar-refractivity contribution >= 4 is 12.4 Å². The summed E-state index contributed by atoms with van der Waals surface area (Å²) in [5.41, 5.74) is 7.47. The van der Waals surface area contributed by atoms with Crippen LogP contribution in [0.1, 0.15) is 51.3 Å². The predicted octanol–water partition coefficient (Wildman–Crippen LogP) is 3.79. The SMILES string of the molecule is CCCO[C@@H]1CC[C@H](c2nc(-c3ccccc3)nn2CCOCC)C[C@H]1N.Cl. The molecule has 28 heavy (non-hydrogen) atoms. The Kier molecular flexibility index (Phi) is 9.38. The van der Waals surface area contributed by atoms with Gasteiger partial charge in [-0.2, -0.15) is 5.10 Å². The van der Waals surface area contributed by atoms with E-state index in [2.05, 4.69) is 6.92 Å². The van der Waals surface area contributed by atoms with Crippen LogP contribution in [0.2, 0.25) is 0 Å². The number of benzene rings is 1. The first-order chi connectivity index (χ1) is 13.2. The van der Waals surface area contributed by atoms with Gasteiger partial charge in [0.25, 0.3) is 0 Å². The lowest BCUT2D eigenvalue weighted by Crippen LogP contribution is -2.42. The zero-order chi connectivity index (χ0) is 19.1. The molecule has 2 aromatic rings. The quantitative estimate of drug-likeness (QED) is 0.639. The van der Waals surface area contributed by atoms with Gasteiger partial charge in [-0.25, -0.2) is 9.67 Å². The highest BCUT2D eigenvalue weighted by molar-refractivity contribution is 5.85. The molecule has 1 aliphatic rings. The predicted molar refractivity (Wildman–Crippen MR) is 114 cm³/mol. The number of nitrogens with zero attached hydrogens (tertiary/aromatic N) is 3. The third kappa shape index (κ3) is 5.77. The lowest BCUT2D eigenvalue weighted by Gasteiger charge is -2.33. The Labute approximate surface area is 174 Å². The summed E-state index contributed by atoms with van der Waals surface area (Å²) < 4.78 is 13.5. The normalized spacial score (nSPS) is 22.0. The van der Waals surface area contributed by atoms with Crippen molar-refractivity contribution in [1.82, 2.24) is 14.8 Å². The Balaban J connectivity index is 0.00000280. The largest absolute Gasteiger partial charge is 0.380 e. The minimum Gasteiger partial charge on any atom is -0.380 e. The van der Waals surface area contributed by atoms with Crippen molar-refractivity contribution in [2.24, 2.45) is 5.73 Å². The molecular formula is C21H33ClN4O2. The van der Waals surface area contributed by atoms with Gasteiger partial charge in [-0.3, -0.25) is 0 Å². The summed E-state index contributed by atoms with van der Waals surface area (Å²) >= 11 is 0. The number of nitrogens with two attached hydrogens (primary N) is 1. The molecule has 3 atom stereocenters. The fraction of sp³-hybridized carbons (Fsp3) is 0.619. The van der Waals surface area contributed by atoms with Crippen molar-refractivity contribution in [2.75, 3.05) is 19.8 Å². The Bertz CT molecular complexity index is 695. The topological polar surface area (TPSA) is 75.2 Å². The first-order valence-corrected chi connectivity index (χ1v) is 10.2. The summed E-state index contributed by atoms with van der Waals surface area (Å²) in [4.78, 5) is 4.90. The van der Waals surface area contributed by atoms with Crippen LogP contribution in [0.15, 0.2) is 30.3 Å². The highest BCUT2D eigenvalue weighted by Crippen LogP contribution is 2.33. The molecule has 1 saturated carbocycles. The number of hydrogen-bond acceptors (Lipinski definition) is 5. The number of hydrogen-bond donors (Lipinski definition) is 1. The van der Waals surface area contributed by atoms with Crippen LogP contribution in [-0.2, 0) is 16.0 Å². The minimum atomic E-state index is 0. The number of rotatable bonds is 9. The minimum absolute atomic E-state index is 0. The molecule has 1 aromatic carbocycles. The van der Waals surface area contributed by atoms with E-state index in [1.165, 1.54) is 0 Å². The first-order valence-electron chi connectivity index (χ1n) is 10.2. The van der Waals surface area contributed by atoms with Gasteiger partial charge in [-0.05, 0) is 32.6 Å². The van der Waals surface area contributed by atoms with Crippen LogP contribution in [-0.4, -0.2) is 46.7 Å². The molecule has 0 amide bonds. The lowest BCUT2D eigenvalue weighted by atomic mass is 9.83. The summed E-state index contributed by atoms with van der Waals surface area (Å²) in [6.07, 6.45) is 4.08.